The van der Waals surface area contributed by atoms with Gasteiger partial charge in [0.05, 0.1) is 25.9 Å². The predicted octanol–water partition coefficient (Wildman–Crippen LogP) is 1.40. The van der Waals surface area contributed by atoms with Gasteiger partial charge in [-0.2, -0.15) is 0 Å². The SMILES string of the molecule is CCC1OCCC1CNCc1c(OC)ncnc1OC. The molecule has 0 radical (unpaired) electrons. The molecule has 1 saturated heterocycles. The molecule has 0 bridgehead atoms. The van der Waals surface area contributed by atoms with Gasteiger partial charge in [0.1, 0.15) is 6.33 Å². The molecule has 2 unspecified atom stereocenters. The zero-order valence-corrected chi connectivity index (χ0v) is 12.4. The minimum absolute atomic E-state index is 0.373. The maximum Gasteiger partial charge on any atom is 0.224 e. The molecule has 0 aromatic carbocycles. The normalized spacial score (nSPS) is 21.9. The Labute approximate surface area is 119 Å². The van der Waals surface area contributed by atoms with Crippen molar-refractivity contribution in [2.45, 2.75) is 32.4 Å². The van der Waals surface area contributed by atoms with Crippen LogP contribution >= 0.6 is 0 Å². The summed E-state index contributed by atoms with van der Waals surface area (Å²) in [7, 11) is 3.20. The zero-order chi connectivity index (χ0) is 14.4. The van der Waals surface area contributed by atoms with Crippen molar-refractivity contribution in [3.8, 4) is 11.8 Å². The van der Waals surface area contributed by atoms with Crippen molar-refractivity contribution in [2.75, 3.05) is 27.4 Å². The molecule has 20 heavy (non-hydrogen) atoms. The van der Waals surface area contributed by atoms with Gasteiger partial charge in [-0.15, -0.1) is 0 Å². The van der Waals surface area contributed by atoms with Gasteiger partial charge in [0.25, 0.3) is 0 Å². The lowest BCUT2D eigenvalue weighted by Gasteiger charge is -2.18. The van der Waals surface area contributed by atoms with E-state index in [2.05, 4.69) is 22.2 Å². The van der Waals surface area contributed by atoms with Crippen molar-refractivity contribution in [2.24, 2.45) is 5.92 Å². The van der Waals surface area contributed by atoms with Gasteiger partial charge >= 0.3 is 0 Å². The minimum atomic E-state index is 0.373. The van der Waals surface area contributed by atoms with Gasteiger partial charge < -0.3 is 19.5 Å². The van der Waals surface area contributed by atoms with Gasteiger partial charge in [0, 0.05) is 19.7 Å². The van der Waals surface area contributed by atoms with E-state index >= 15 is 0 Å². The molecule has 1 N–H and O–H groups in total. The van der Waals surface area contributed by atoms with Gasteiger partial charge in [-0.25, -0.2) is 9.97 Å². The van der Waals surface area contributed by atoms with Crippen LogP contribution in [-0.4, -0.2) is 43.4 Å². The van der Waals surface area contributed by atoms with E-state index in [1.807, 2.05) is 0 Å². The largest absolute Gasteiger partial charge is 0.481 e. The van der Waals surface area contributed by atoms with Crippen molar-refractivity contribution < 1.29 is 14.2 Å². The second-order valence-electron chi connectivity index (χ2n) is 4.87. The molecule has 1 aliphatic heterocycles. The third-order valence-corrected chi connectivity index (χ3v) is 3.71. The van der Waals surface area contributed by atoms with Gasteiger partial charge in [-0.3, -0.25) is 0 Å². The van der Waals surface area contributed by atoms with E-state index in [0.29, 0.717) is 30.3 Å². The first kappa shape index (κ1) is 15.0. The number of rotatable bonds is 7. The smallest absolute Gasteiger partial charge is 0.224 e. The average molecular weight is 281 g/mol. The van der Waals surface area contributed by atoms with E-state index in [1.54, 1.807) is 14.2 Å². The van der Waals surface area contributed by atoms with Crippen molar-refractivity contribution in [3.63, 3.8) is 0 Å². The van der Waals surface area contributed by atoms with E-state index in [1.165, 1.54) is 6.33 Å². The van der Waals surface area contributed by atoms with Gasteiger partial charge in [-0.05, 0) is 18.8 Å². The maximum absolute atomic E-state index is 5.69. The molecular formula is C14H23N3O3. The molecule has 2 heterocycles. The number of hydrogen-bond acceptors (Lipinski definition) is 6. The molecule has 0 saturated carbocycles. The third-order valence-electron chi connectivity index (χ3n) is 3.71. The summed E-state index contributed by atoms with van der Waals surface area (Å²) in [6.45, 7) is 4.58. The van der Waals surface area contributed by atoms with E-state index in [-0.39, 0.29) is 0 Å². The molecule has 112 valence electrons. The summed E-state index contributed by atoms with van der Waals surface area (Å²) in [5, 5.41) is 3.44. The van der Waals surface area contributed by atoms with E-state index < -0.39 is 0 Å². The highest BCUT2D eigenvalue weighted by molar-refractivity contribution is 5.34. The van der Waals surface area contributed by atoms with E-state index in [4.69, 9.17) is 14.2 Å². The fraction of sp³-hybridized carbons (Fsp3) is 0.714. The predicted molar refractivity (Wildman–Crippen MR) is 75.0 cm³/mol. The first-order valence-electron chi connectivity index (χ1n) is 7.04. The van der Waals surface area contributed by atoms with Crippen LogP contribution < -0.4 is 14.8 Å². The zero-order valence-electron chi connectivity index (χ0n) is 12.4. The molecule has 1 aromatic rings. The third kappa shape index (κ3) is 3.37. The topological polar surface area (TPSA) is 65.5 Å². The van der Waals surface area contributed by atoms with Crippen LogP contribution in [0.1, 0.15) is 25.3 Å². The quantitative estimate of drug-likeness (QED) is 0.815. The van der Waals surface area contributed by atoms with Gasteiger partial charge in [-0.1, -0.05) is 6.92 Å². The molecule has 6 nitrogen and oxygen atoms in total. The van der Waals surface area contributed by atoms with Gasteiger partial charge in [0.15, 0.2) is 0 Å². The Morgan fingerprint density at radius 3 is 2.60 bits per heavy atom. The highest BCUT2D eigenvalue weighted by Crippen LogP contribution is 2.25. The monoisotopic (exact) mass is 281 g/mol. The van der Waals surface area contributed by atoms with Crippen molar-refractivity contribution in [3.05, 3.63) is 11.9 Å². The first-order valence-corrected chi connectivity index (χ1v) is 7.04. The lowest BCUT2D eigenvalue weighted by Crippen LogP contribution is -2.28. The van der Waals surface area contributed by atoms with Crippen LogP contribution in [0.3, 0.4) is 0 Å². The second kappa shape index (κ2) is 7.40. The standard InChI is InChI=1S/C14H23N3O3/c1-4-12-10(5-6-20-12)7-15-8-11-13(18-2)16-9-17-14(11)19-3/h9-10,12,15H,4-8H2,1-3H3. The summed E-state index contributed by atoms with van der Waals surface area (Å²) in [5.74, 6) is 1.68. The Bertz CT molecular complexity index is 406. The summed E-state index contributed by atoms with van der Waals surface area (Å²) in [6.07, 6.45) is 4.00. The van der Waals surface area contributed by atoms with Crippen molar-refractivity contribution >= 4 is 0 Å². The van der Waals surface area contributed by atoms with Crippen LogP contribution in [-0.2, 0) is 11.3 Å². The average Bonchev–Trinajstić information content (AvgIpc) is 2.94. The van der Waals surface area contributed by atoms with Crippen LogP contribution in [0.15, 0.2) is 6.33 Å². The number of ether oxygens (including phenoxy) is 3. The fourth-order valence-electron chi connectivity index (χ4n) is 2.64. The minimum Gasteiger partial charge on any atom is -0.481 e. The highest BCUT2D eigenvalue weighted by atomic mass is 16.5. The number of nitrogens with one attached hydrogen (secondary N) is 1. The van der Waals surface area contributed by atoms with Crippen LogP contribution in [0.25, 0.3) is 0 Å². The summed E-state index contributed by atoms with van der Waals surface area (Å²) in [5.41, 5.74) is 0.851. The highest BCUT2D eigenvalue weighted by Gasteiger charge is 2.26. The second-order valence-corrected chi connectivity index (χ2v) is 4.87. The summed E-state index contributed by atoms with van der Waals surface area (Å²) in [4.78, 5) is 8.22. The number of nitrogens with zero attached hydrogens (tertiary/aromatic N) is 2. The fourth-order valence-corrected chi connectivity index (χ4v) is 2.64. The molecule has 0 amide bonds. The molecule has 1 fully saturated rings. The Hall–Kier alpha value is -1.40. The molecule has 0 aliphatic carbocycles. The van der Waals surface area contributed by atoms with E-state index in [0.717, 1.165) is 31.6 Å². The number of hydrogen-bond donors (Lipinski definition) is 1. The van der Waals surface area contributed by atoms with Crippen LogP contribution in [0.5, 0.6) is 11.8 Å². The van der Waals surface area contributed by atoms with Crippen LogP contribution in [0.2, 0.25) is 0 Å². The summed E-state index contributed by atoms with van der Waals surface area (Å²) < 4.78 is 16.2. The number of methoxy groups -OCH3 is 2. The molecular weight excluding hydrogens is 258 g/mol. The maximum atomic E-state index is 5.69. The number of aromatic nitrogens is 2. The van der Waals surface area contributed by atoms with Crippen molar-refractivity contribution in [1.82, 2.24) is 15.3 Å². The molecule has 0 spiro atoms. The Morgan fingerprint density at radius 1 is 1.30 bits per heavy atom. The molecule has 1 aromatic heterocycles. The molecule has 2 rings (SSSR count). The Kier molecular flexibility index (Phi) is 5.55. The Balaban J connectivity index is 1.93. The van der Waals surface area contributed by atoms with Crippen molar-refractivity contribution in [1.29, 1.82) is 0 Å². The molecule has 2 atom stereocenters. The molecule has 6 heteroatoms. The summed E-state index contributed by atoms with van der Waals surface area (Å²) >= 11 is 0. The Morgan fingerprint density at radius 2 is 2.00 bits per heavy atom. The van der Waals surface area contributed by atoms with Crippen LogP contribution in [0, 0.1) is 5.92 Å². The van der Waals surface area contributed by atoms with Gasteiger partial charge in [0.2, 0.25) is 11.8 Å². The van der Waals surface area contributed by atoms with E-state index in [9.17, 15) is 0 Å². The lowest BCUT2D eigenvalue weighted by atomic mass is 10.00. The first-order chi connectivity index (χ1) is 9.80. The lowest BCUT2D eigenvalue weighted by molar-refractivity contribution is 0.0872. The summed E-state index contributed by atoms with van der Waals surface area (Å²) in [6, 6.07) is 0. The molecule has 1 aliphatic rings. The van der Waals surface area contributed by atoms with Crippen LogP contribution in [0.4, 0.5) is 0 Å².